The summed E-state index contributed by atoms with van der Waals surface area (Å²) in [6, 6.07) is 0.353. The molecule has 4 unspecified atom stereocenters. The predicted octanol–water partition coefficient (Wildman–Crippen LogP) is 3.43. The maximum atomic E-state index is 5.81. The molecule has 0 aliphatic heterocycles. The highest BCUT2D eigenvalue weighted by molar-refractivity contribution is 4.70. The summed E-state index contributed by atoms with van der Waals surface area (Å²) in [5.41, 5.74) is 5.81. The summed E-state index contributed by atoms with van der Waals surface area (Å²) in [6.45, 7) is 11.4. The van der Waals surface area contributed by atoms with Crippen LogP contribution in [0.25, 0.3) is 0 Å². The Labute approximate surface area is 84.1 Å². The number of rotatable bonds is 6. The van der Waals surface area contributed by atoms with Gasteiger partial charge in [-0.1, -0.05) is 40.5 Å². The van der Waals surface area contributed by atoms with Gasteiger partial charge in [0, 0.05) is 6.04 Å². The molecule has 13 heavy (non-hydrogen) atoms. The Balaban J connectivity index is 3.85. The summed E-state index contributed by atoms with van der Waals surface area (Å²) < 4.78 is 0. The molecule has 4 atom stereocenters. The maximum Gasteiger partial charge on any atom is 0.00131 e. The number of nitrogens with two attached hydrogens (primary N) is 1. The number of hydrogen-bond acceptors (Lipinski definition) is 1. The zero-order valence-electron chi connectivity index (χ0n) is 10.0. The van der Waals surface area contributed by atoms with Crippen LogP contribution in [-0.4, -0.2) is 6.04 Å². The minimum atomic E-state index is 0.353. The quantitative estimate of drug-likeness (QED) is 0.674. The van der Waals surface area contributed by atoms with Gasteiger partial charge in [-0.15, -0.1) is 0 Å². The molecule has 0 amide bonds. The fourth-order valence-corrected chi connectivity index (χ4v) is 2.08. The Kier molecular flexibility index (Phi) is 6.40. The summed E-state index contributed by atoms with van der Waals surface area (Å²) in [7, 11) is 0. The third kappa shape index (κ3) is 5.30. The van der Waals surface area contributed by atoms with E-state index in [2.05, 4.69) is 34.6 Å². The third-order valence-electron chi connectivity index (χ3n) is 3.28. The largest absolute Gasteiger partial charge is 0.328 e. The Morgan fingerprint density at radius 3 is 1.92 bits per heavy atom. The zero-order valence-corrected chi connectivity index (χ0v) is 10.0. The van der Waals surface area contributed by atoms with E-state index >= 15 is 0 Å². The van der Waals surface area contributed by atoms with Gasteiger partial charge in [0.25, 0.3) is 0 Å². The monoisotopic (exact) mass is 185 g/mol. The van der Waals surface area contributed by atoms with Gasteiger partial charge in [-0.05, 0) is 31.1 Å². The van der Waals surface area contributed by atoms with E-state index in [-0.39, 0.29) is 0 Å². The molecule has 80 valence electrons. The predicted molar refractivity (Wildman–Crippen MR) is 60.7 cm³/mol. The van der Waals surface area contributed by atoms with Gasteiger partial charge in [0.2, 0.25) is 0 Å². The Hall–Kier alpha value is -0.0400. The second-order valence-electron chi connectivity index (χ2n) is 4.82. The molecular formula is C12H27N. The average Bonchev–Trinajstić information content (AvgIpc) is 2.02. The lowest BCUT2D eigenvalue weighted by Gasteiger charge is -2.27. The normalized spacial score (nSPS) is 20.8. The lowest BCUT2D eigenvalue weighted by Crippen LogP contribution is -2.24. The van der Waals surface area contributed by atoms with Crippen LogP contribution in [0.1, 0.15) is 53.9 Å². The summed E-state index contributed by atoms with van der Waals surface area (Å²) in [4.78, 5) is 0. The maximum absolute atomic E-state index is 5.81. The van der Waals surface area contributed by atoms with Gasteiger partial charge in [-0.2, -0.15) is 0 Å². The van der Waals surface area contributed by atoms with Crippen molar-refractivity contribution >= 4 is 0 Å². The molecule has 0 aromatic heterocycles. The van der Waals surface area contributed by atoms with Crippen molar-refractivity contribution in [3.63, 3.8) is 0 Å². The topological polar surface area (TPSA) is 26.0 Å². The van der Waals surface area contributed by atoms with Gasteiger partial charge in [0.1, 0.15) is 0 Å². The van der Waals surface area contributed by atoms with Crippen LogP contribution in [0.3, 0.4) is 0 Å². The van der Waals surface area contributed by atoms with Crippen LogP contribution in [0, 0.1) is 17.8 Å². The average molecular weight is 185 g/mol. The molecule has 0 spiro atoms. The smallest absolute Gasteiger partial charge is 0.00131 e. The molecule has 0 rings (SSSR count). The van der Waals surface area contributed by atoms with Crippen LogP contribution in [-0.2, 0) is 0 Å². The highest BCUT2D eigenvalue weighted by Crippen LogP contribution is 2.26. The Morgan fingerprint density at radius 1 is 1.00 bits per heavy atom. The lowest BCUT2D eigenvalue weighted by atomic mass is 9.80. The van der Waals surface area contributed by atoms with Crippen LogP contribution >= 0.6 is 0 Å². The highest BCUT2D eigenvalue weighted by atomic mass is 14.6. The van der Waals surface area contributed by atoms with E-state index in [9.17, 15) is 0 Å². The van der Waals surface area contributed by atoms with Crippen molar-refractivity contribution in [3.8, 4) is 0 Å². The van der Waals surface area contributed by atoms with Crippen molar-refractivity contribution in [2.75, 3.05) is 0 Å². The molecule has 0 aliphatic carbocycles. The van der Waals surface area contributed by atoms with E-state index in [0.717, 1.165) is 24.2 Å². The highest BCUT2D eigenvalue weighted by Gasteiger charge is 2.19. The molecule has 0 saturated carbocycles. The molecule has 1 nitrogen and oxygen atoms in total. The first-order valence-corrected chi connectivity index (χ1v) is 5.74. The van der Waals surface area contributed by atoms with Crippen LogP contribution < -0.4 is 5.73 Å². The Morgan fingerprint density at radius 2 is 1.54 bits per heavy atom. The van der Waals surface area contributed by atoms with Gasteiger partial charge in [0.15, 0.2) is 0 Å². The second kappa shape index (κ2) is 6.42. The minimum Gasteiger partial charge on any atom is -0.328 e. The third-order valence-corrected chi connectivity index (χ3v) is 3.28. The van der Waals surface area contributed by atoms with Crippen LogP contribution in [0.2, 0.25) is 0 Å². The zero-order chi connectivity index (χ0) is 10.4. The van der Waals surface area contributed by atoms with Gasteiger partial charge in [-0.3, -0.25) is 0 Å². The molecule has 0 aromatic carbocycles. The van der Waals surface area contributed by atoms with Crippen molar-refractivity contribution in [2.45, 2.75) is 59.9 Å². The lowest BCUT2D eigenvalue weighted by molar-refractivity contribution is 0.245. The molecule has 2 N–H and O–H groups in total. The SMILES string of the molecule is CCCC(C)C(C)C(C)CC(C)N. The fourth-order valence-electron chi connectivity index (χ4n) is 2.08. The summed E-state index contributed by atoms with van der Waals surface area (Å²) in [5, 5.41) is 0. The summed E-state index contributed by atoms with van der Waals surface area (Å²) >= 11 is 0. The van der Waals surface area contributed by atoms with Crippen LogP contribution in [0.5, 0.6) is 0 Å². The van der Waals surface area contributed by atoms with Crippen molar-refractivity contribution in [1.82, 2.24) is 0 Å². The Bertz CT molecular complexity index is 120. The molecule has 0 aliphatic rings. The van der Waals surface area contributed by atoms with Crippen LogP contribution in [0.4, 0.5) is 0 Å². The minimum absolute atomic E-state index is 0.353. The first-order valence-electron chi connectivity index (χ1n) is 5.74. The molecule has 1 heteroatoms. The molecule has 0 bridgehead atoms. The molecule has 0 aromatic rings. The van der Waals surface area contributed by atoms with Crippen molar-refractivity contribution in [1.29, 1.82) is 0 Å². The van der Waals surface area contributed by atoms with E-state index in [1.165, 1.54) is 12.8 Å². The van der Waals surface area contributed by atoms with Crippen molar-refractivity contribution < 1.29 is 0 Å². The molecular weight excluding hydrogens is 158 g/mol. The van der Waals surface area contributed by atoms with Gasteiger partial charge in [0.05, 0.1) is 0 Å². The van der Waals surface area contributed by atoms with E-state index in [1.807, 2.05) is 0 Å². The second-order valence-corrected chi connectivity index (χ2v) is 4.82. The van der Waals surface area contributed by atoms with Crippen LogP contribution in [0.15, 0.2) is 0 Å². The summed E-state index contributed by atoms with van der Waals surface area (Å²) in [6.07, 6.45) is 3.82. The molecule has 0 radical (unpaired) electrons. The van der Waals surface area contributed by atoms with E-state index in [1.54, 1.807) is 0 Å². The van der Waals surface area contributed by atoms with Gasteiger partial charge in [-0.25, -0.2) is 0 Å². The standard InChI is InChI=1S/C12H27N/c1-6-7-9(2)12(5)10(3)8-11(4)13/h9-12H,6-8,13H2,1-5H3. The van der Waals surface area contributed by atoms with Gasteiger partial charge < -0.3 is 5.73 Å². The fraction of sp³-hybridized carbons (Fsp3) is 1.00. The first kappa shape index (κ1) is 13.0. The van der Waals surface area contributed by atoms with Crippen molar-refractivity contribution in [2.24, 2.45) is 23.5 Å². The van der Waals surface area contributed by atoms with Crippen molar-refractivity contribution in [3.05, 3.63) is 0 Å². The van der Waals surface area contributed by atoms with E-state index in [0.29, 0.717) is 6.04 Å². The first-order chi connectivity index (χ1) is 5.99. The van der Waals surface area contributed by atoms with E-state index < -0.39 is 0 Å². The molecule has 0 heterocycles. The molecule has 0 fully saturated rings. The van der Waals surface area contributed by atoms with Gasteiger partial charge >= 0.3 is 0 Å². The molecule has 0 saturated heterocycles. The summed E-state index contributed by atoms with van der Waals surface area (Å²) in [5.74, 6) is 2.42. The number of hydrogen-bond donors (Lipinski definition) is 1. The van der Waals surface area contributed by atoms with E-state index in [4.69, 9.17) is 5.73 Å².